The molecule has 0 aliphatic rings. The molecule has 54 heavy (non-hydrogen) atoms. The molecule has 1 aromatic heterocycles. The fraction of sp³-hybridized carbons (Fsp3) is 0.0323. The number of carbonyl (C=O) groups is 1. The number of aromatic nitrogens is 3. The lowest BCUT2D eigenvalue weighted by atomic mass is 10.1. The van der Waals surface area contributed by atoms with E-state index in [0.717, 1.165) is 12.1 Å². The monoisotopic (exact) mass is 815 g/mol. The zero-order valence-electron chi connectivity index (χ0n) is 26.9. The van der Waals surface area contributed by atoms with Gasteiger partial charge < -0.3 is 20.8 Å². The number of nitrogens with one attached hydrogen (secondary N) is 2. The minimum Gasteiger partial charge on any atom is -0.505 e. The first-order chi connectivity index (χ1) is 25.5. The largest absolute Gasteiger partial charge is 0.505 e. The molecule has 0 unspecified atom stereocenters. The third kappa shape index (κ3) is 8.15. The van der Waals surface area contributed by atoms with Crippen LogP contribution in [0.25, 0.3) is 21.5 Å². The highest BCUT2D eigenvalue weighted by atomic mass is 35.5. The van der Waals surface area contributed by atoms with Crippen LogP contribution in [0.4, 0.5) is 34.6 Å². The SMILES string of the molecule is Cc1ccc(Nc2nc(Cl)nc(Nc3cc(S(=O)(=O)O)cc4cc(SOOO)c(/N=N/c5ccc6ccccc6c5S(=O)(=O)O)c(O)c34)n2)c(C(=O)O)c1. The number of phenols is 1. The van der Waals surface area contributed by atoms with E-state index in [-0.39, 0.29) is 67.6 Å². The summed E-state index contributed by atoms with van der Waals surface area (Å²) in [7, 11) is -9.80. The lowest BCUT2D eigenvalue weighted by Gasteiger charge is -2.15. The van der Waals surface area contributed by atoms with E-state index in [0.29, 0.717) is 10.9 Å². The van der Waals surface area contributed by atoms with Crippen molar-refractivity contribution in [3.63, 3.8) is 0 Å². The Morgan fingerprint density at radius 1 is 0.852 bits per heavy atom. The summed E-state index contributed by atoms with van der Waals surface area (Å²) in [5.74, 6) is -2.60. The van der Waals surface area contributed by atoms with E-state index < -0.39 is 52.7 Å². The highest BCUT2D eigenvalue weighted by Gasteiger charge is 2.24. The number of carboxylic acid groups (broad SMARTS) is 1. The van der Waals surface area contributed by atoms with Crippen LogP contribution in [-0.4, -0.2) is 62.3 Å². The number of anilines is 4. The van der Waals surface area contributed by atoms with E-state index in [2.05, 4.69) is 45.2 Å². The van der Waals surface area contributed by atoms with Crippen LogP contribution < -0.4 is 10.6 Å². The molecule has 0 atom stereocenters. The van der Waals surface area contributed by atoms with Crippen molar-refractivity contribution in [2.45, 2.75) is 21.6 Å². The quantitative estimate of drug-likeness (QED) is 0.0208. The second-order valence-electron chi connectivity index (χ2n) is 11.0. The van der Waals surface area contributed by atoms with Crippen molar-refractivity contribution < 1.29 is 55.6 Å². The molecule has 278 valence electrons. The second kappa shape index (κ2) is 15.1. The van der Waals surface area contributed by atoms with E-state index in [1.807, 2.05) is 0 Å². The zero-order chi connectivity index (χ0) is 38.9. The highest BCUT2D eigenvalue weighted by Crippen LogP contribution is 2.48. The predicted octanol–water partition coefficient (Wildman–Crippen LogP) is 7.37. The van der Waals surface area contributed by atoms with Crippen LogP contribution in [0.3, 0.4) is 0 Å². The zero-order valence-corrected chi connectivity index (χ0v) is 30.1. The topological polar surface area (TPSA) is 292 Å². The van der Waals surface area contributed by atoms with Crippen LogP contribution in [0.5, 0.6) is 5.75 Å². The van der Waals surface area contributed by atoms with E-state index in [9.17, 15) is 40.9 Å². The molecule has 7 N–H and O–H groups in total. The van der Waals surface area contributed by atoms with Gasteiger partial charge in [0.05, 0.1) is 38.8 Å². The summed E-state index contributed by atoms with van der Waals surface area (Å²) in [6.07, 6.45) is 0. The van der Waals surface area contributed by atoms with Crippen LogP contribution in [-0.2, 0) is 29.6 Å². The fourth-order valence-corrected chi connectivity index (χ4v) is 7.29. The number of fused-ring (bicyclic) bond motifs is 2. The van der Waals surface area contributed by atoms with Gasteiger partial charge >= 0.3 is 5.97 Å². The normalized spacial score (nSPS) is 12.1. The third-order valence-corrected chi connectivity index (χ3v) is 10.0. The molecule has 0 amide bonds. The first-order valence-electron chi connectivity index (χ1n) is 14.7. The van der Waals surface area contributed by atoms with Gasteiger partial charge in [-0.2, -0.15) is 31.8 Å². The van der Waals surface area contributed by atoms with Crippen molar-refractivity contribution in [2.24, 2.45) is 10.2 Å². The van der Waals surface area contributed by atoms with Crippen molar-refractivity contribution in [2.75, 3.05) is 10.6 Å². The van der Waals surface area contributed by atoms with Gasteiger partial charge in [0.2, 0.25) is 17.2 Å². The summed E-state index contributed by atoms with van der Waals surface area (Å²) in [6, 6.07) is 16.6. The van der Waals surface area contributed by atoms with Crippen LogP contribution in [0.15, 0.2) is 97.7 Å². The van der Waals surface area contributed by atoms with Crippen molar-refractivity contribution in [1.82, 2.24) is 15.0 Å². The van der Waals surface area contributed by atoms with Gasteiger partial charge in [-0.3, -0.25) is 9.11 Å². The molecule has 1 heterocycles. The van der Waals surface area contributed by atoms with Crippen LogP contribution in [0.2, 0.25) is 5.28 Å². The first kappa shape index (κ1) is 38.2. The Labute approximate surface area is 312 Å². The summed E-state index contributed by atoms with van der Waals surface area (Å²) < 4.78 is 74.2. The summed E-state index contributed by atoms with van der Waals surface area (Å²) in [5, 5.41) is 47.2. The molecule has 6 rings (SSSR count). The van der Waals surface area contributed by atoms with Crippen LogP contribution in [0.1, 0.15) is 15.9 Å². The molecular formula is C31H22ClN7O12S3. The molecule has 19 nitrogen and oxygen atoms in total. The van der Waals surface area contributed by atoms with Gasteiger partial charge in [-0.15, -0.1) is 14.6 Å². The molecule has 6 aromatic rings. The Bertz CT molecular complexity index is 2760. The number of carboxylic acids is 1. The summed E-state index contributed by atoms with van der Waals surface area (Å²) in [5.41, 5.74) is -0.425. The fourth-order valence-electron chi connectivity index (χ4n) is 5.25. The Hall–Kier alpha value is -5.56. The standard InChI is InChI=1S/C31H22ClN7O12S3/c1-14-6-8-20(19(10-14)28(41)42)33-30-35-29(32)36-31(37-30)34-22-13-17(53(44,45)46)11-16-12-23(52-51-50-43)25(26(40)24(16)22)39-38-21-9-7-15-4-2-3-5-18(15)27(21)54(47,48)49/h2-13,40,43H,1H3,(H,41,42)(H,44,45,46)(H,47,48,49)(H2,33,34,35,36,37)/b39-38+. The van der Waals surface area contributed by atoms with Crippen molar-refractivity contribution in [1.29, 1.82) is 0 Å². The maximum Gasteiger partial charge on any atom is 0.337 e. The molecule has 0 saturated carbocycles. The van der Waals surface area contributed by atoms with Crippen molar-refractivity contribution in [3.8, 4) is 5.75 Å². The molecule has 5 aromatic carbocycles. The lowest BCUT2D eigenvalue weighted by molar-refractivity contribution is -0.432. The number of aromatic carboxylic acids is 1. The van der Waals surface area contributed by atoms with Gasteiger partial charge in [0.25, 0.3) is 20.2 Å². The minimum absolute atomic E-state index is 0.0930. The summed E-state index contributed by atoms with van der Waals surface area (Å²) in [4.78, 5) is 22.5. The average Bonchev–Trinajstić information content (AvgIpc) is 3.09. The maximum atomic E-state index is 12.5. The number of rotatable bonds is 12. The van der Waals surface area contributed by atoms with Crippen molar-refractivity contribution >= 4 is 106 Å². The number of hydrogen-bond donors (Lipinski definition) is 7. The first-order valence-corrected chi connectivity index (χ1v) is 18.7. The molecule has 0 saturated heterocycles. The number of phenolic OH excluding ortho intramolecular Hbond substituents is 1. The molecule has 0 fully saturated rings. The minimum atomic E-state index is -4.91. The molecule has 0 spiro atoms. The van der Waals surface area contributed by atoms with Crippen LogP contribution in [0, 0.1) is 6.92 Å². The second-order valence-corrected chi connectivity index (χ2v) is 14.9. The molecule has 0 bridgehead atoms. The van der Waals surface area contributed by atoms with E-state index in [1.54, 1.807) is 25.1 Å². The molecule has 23 heteroatoms. The number of hydrogen-bond acceptors (Lipinski definition) is 17. The Morgan fingerprint density at radius 3 is 2.22 bits per heavy atom. The van der Waals surface area contributed by atoms with Gasteiger partial charge in [-0.1, -0.05) is 47.0 Å². The Balaban J connectivity index is 1.52. The number of azo groups is 1. The molecule has 0 radical (unpaired) electrons. The average molecular weight is 816 g/mol. The molecular weight excluding hydrogens is 794 g/mol. The summed E-state index contributed by atoms with van der Waals surface area (Å²) in [6.45, 7) is 1.70. The van der Waals surface area contributed by atoms with Gasteiger partial charge in [0.1, 0.15) is 16.3 Å². The number of aryl methyl sites for hydroxylation is 1. The lowest BCUT2D eigenvalue weighted by Crippen LogP contribution is -2.08. The number of aromatic hydroxyl groups is 1. The van der Waals surface area contributed by atoms with E-state index >= 15 is 0 Å². The Kier molecular flexibility index (Phi) is 10.6. The van der Waals surface area contributed by atoms with E-state index in [1.165, 1.54) is 42.5 Å². The third-order valence-electron chi connectivity index (χ3n) is 7.46. The van der Waals surface area contributed by atoms with Gasteiger partial charge in [0, 0.05) is 10.8 Å². The maximum absolute atomic E-state index is 12.5. The Morgan fingerprint density at radius 2 is 1.56 bits per heavy atom. The van der Waals surface area contributed by atoms with Crippen LogP contribution >= 0.6 is 23.6 Å². The smallest absolute Gasteiger partial charge is 0.337 e. The van der Waals surface area contributed by atoms with Gasteiger partial charge in [0.15, 0.2) is 5.75 Å². The summed E-state index contributed by atoms with van der Waals surface area (Å²) >= 11 is 6.43. The van der Waals surface area contributed by atoms with Gasteiger partial charge in [-0.25, -0.2) is 10.1 Å². The molecule has 0 aliphatic carbocycles. The number of nitrogens with zero attached hydrogens (tertiary/aromatic N) is 5. The molecule has 0 aliphatic heterocycles. The predicted molar refractivity (Wildman–Crippen MR) is 194 cm³/mol. The van der Waals surface area contributed by atoms with Gasteiger partial charge in [-0.05, 0) is 65.7 Å². The number of halogens is 1. The number of benzene rings is 5. The van der Waals surface area contributed by atoms with E-state index in [4.69, 9.17) is 16.9 Å². The van der Waals surface area contributed by atoms with Crippen molar-refractivity contribution in [3.05, 3.63) is 89.2 Å². The highest BCUT2D eigenvalue weighted by molar-refractivity contribution is 7.94.